The molecule has 162 valence electrons. The van der Waals surface area contributed by atoms with Gasteiger partial charge in [0.2, 0.25) is 0 Å². The van der Waals surface area contributed by atoms with E-state index in [0.717, 1.165) is 44.5 Å². The topological polar surface area (TPSA) is 88.5 Å². The van der Waals surface area contributed by atoms with E-state index in [1.807, 2.05) is 46.0 Å². The fraction of sp³-hybridized carbons (Fsp3) is 0.435. The highest BCUT2D eigenvalue weighted by atomic mass is 32.1. The van der Waals surface area contributed by atoms with Crippen LogP contribution in [0.15, 0.2) is 41.1 Å². The number of thiophene rings is 1. The van der Waals surface area contributed by atoms with Crippen molar-refractivity contribution < 1.29 is 9.59 Å². The Labute approximate surface area is 186 Å². The number of piperidine rings is 2. The van der Waals surface area contributed by atoms with Crippen LogP contribution in [-0.4, -0.2) is 55.1 Å². The molecule has 8 heteroatoms. The highest BCUT2D eigenvalue weighted by Crippen LogP contribution is 2.21. The molecular formula is C23H27N5O2S. The highest BCUT2D eigenvalue weighted by Gasteiger charge is 2.27. The summed E-state index contributed by atoms with van der Waals surface area (Å²) in [6, 6.07) is 11.9. The number of anilines is 1. The molecule has 0 radical (unpaired) electrons. The van der Waals surface area contributed by atoms with Crippen LogP contribution in [0.3, 0.4) is 0 Å². The molecule has 0 saturated carbocycles. The number of hydrogen-bond acceptors (Lipinski definition) is 5. The summed E-state index contributed by atoms with van der Waals surface area (Å²) in [5.74, 6) is -0.0295. The maximum Gasteiger partial charge on any atom is 0.317 e. The molecule has 2 aliphatic heterocycles. The van der Waals surface area contributed by atoms with Crippen LogP contribution in [0.5, 0.6) is 0 Å². The van der Waals surface area contributed by atoms with E-state index in [-0.39, 0.29) is 24.0 Å². The Bertz CT molecular complexity index is 922. The molecule has 0 aliphatic carbocycles. The molecule has 0 unspecified atom stereocenters. The lowest BCUT2D eigenvalue weighted by molar-refractivity contribution is 0.0918. The number of rotatable bonds is 4. The lowest BCUT2D eigenvalue weighted by Gasteiger charge is -2.36. The van der Waals surface area contributed by atoms with E-state index in [1.54, 1.807) is 0 Å². The van der Waals surface area contributed by atoms with Gasteiger partial charge in [-0.15, -0.1) is 0 Å². The summed E-state index contributed by atoms with van der Waals surface area (Å²) in [5, 5.41) is 18.9. The minimum atomic E-state index is -0.0295. The summed E-state index contributed by atoms with van der Waals surface area (Å²) in [7, 11) is 0. The largest absolute Gasteiger partial charge is 0.371 e. The van der Waals surface area contributed by atoms with Gasteiger partial charge in [0.05, 0.1) is 11.6 Å². The number of nitrogens with one attached hydrogen (secondary N) is 2. The van der Waals surface area contributed by atoms with Crippen molar-refractivity contribution in [3.63, 3.8) is 0 Å². The van der Waals surface area contributed by atoms with Gasteiger partial charge in [0.1, 0.15) is 0 Å². The standard InChI is InChI=1S/C23H27N5O2S/c24-15-17-1-3-21(4-2-17)27-10-5-20(6-11-27)26-23(30)28-12-7-19(8-13-28)25-22(29)18-9-14-31-16-18/h1-4,9,14,16,19-20H,5-8,10-13H2,(H,25,29)(H,26,30). The zero-order chi connectivity index (χ0) is 21.6. The molecule has 1 aromatic carbocycles. The molecule has 0 spiro atoms. The van der Waals surface area contributed by atoms with Crippen LogP contribution in [0.2, 0.25) is 0 Å². The molecule has 2 saturated heterocycles. The summed E-state index contributed by atoms with van der Waals surface area (Å²) >= 11 is 1.51. The van der Waals surface area contributed by atoms with Gasteiger partial charge >= 0.3 is 6.03 Å². The second kappa shape index (κ2) is 9.84. The van der Waals surface area contributed by atoms with Crippen molar-refractivity contribution in [2.45, 2.75) is 37.8 Å². The third kappa shape index (κ3) is 5.36. The lowest BCUT2D eigenvalue weighted by Crippen LogP contribution is -2.53. The van der Waals surface area contributed by atoms with Gasteiger partial charge in [0, 0.05) is 54.9 Å². The van der Waals surface area contributed by atoms with Crippen LogP contribution < -0.4 is 15.5 Å². The third-order valence-corrected chi connectivity index (χ3v) is 6.77. The average molecular weight is 438 g/mol. The Balaban J connectivity index is 1.18. The van der Waals surface area contributed by atoms with Gasteiger partial charge in [-0.3, -0.25) is 4.79 Å². The number of carbonyl (C=O) groups is 2. The van der Waals surface area contributed by atoms with Crippen LogP contribution in [0.25, 0.3) is 0 Å². The Morgan fingerprint density at radius 1 is 0.935 bits per heavy atom. The van der Waals surface area contributed by atoms with Crippen molar-refractivity contribution in [1.29, 1.82) is 5.26 Å². The third-order valence-electron chi connectivity index (χ3n) is 6.08. The van der Waals surface area contributed by atoms with Crippen molar-refractivity contribution in [3.8, 4) is 6.07 Å². The van der Waals surface area contributed by atoms with E-state index in [2.05, 4.69) is 21.6 Å². The first-order valence-electron chi connectivity index (χ1n) is 10.8. The molecule has 31 heavy (non-hydrogen) atoms. The highest BCUT2D eigenvalue weighted by molar-refractivity contribution is 7.08. The van der Waals surface area contributed by atoms with Crippen molar-refractivity contribution in [1.82, 2.24) is 15.5 Å². The Morgan fingerprint density at radius 2 is 1.58 bits per heavy atom. The number of nitrogens with zero attached hydrogens (tertiary/aromatic N) is 3. The molecule has 2 aromatic rings. The molecule has 0 bridgehead atoms. The van der Waals surface area contributed by atoms with Gasteiger partial charge in [0.25, 0.3) is 5.91 Å². The predicted octanol–water partition coefficient (Wildman–Crippen LogP) is 3.19. The van der Waals surface area contributed by atoms with E-state index in [1.165, 1.54) is 11.3 Å². The Morgan fingerprint density at radius 3 is 2.19 bits per heavy atom. The fourth-order valence-electron chi connectivity index (χ4n) is 4.18. The van der Waals surface area contributed by atoms with E-state index in [0.29, 0.717) is 24.2 Å². The number of benzene rings is 1. The molecule has 3 heterocycles. The smallest absolute Gasteiger partial charge is 0.317 e. The number of urea groups is 1. The summed E-state index contributed by atoms with van der Waals surface area (Å²) in [6.07, 6.45) is 3.36. The van der Waals surface area contributed by atoms with Crippen molar-refractivity contribution in [2.75, 3.05) is 31.1 Å². The summed E-state index contributed by atoms with van der Waals surface area (Å²) < 4.78 is 0. The summed E-state index contributed by atoms with van der Waals surface area (Å²) in [4.78, 5) is 29.0. The summed E-state index contributed by atoms with van der Waals surface area (Å²) in [6.45, 7) is 3.08. The average Bonchev–Trinajstić information content (AvgIpc) is 3.35. The zero-order valence-electron chi connectivity index (χ0n) is 17.4. The molecule has 0 atom stereocenters. The normalized spacial score (nSPS) is 17.8. The SMILES string of the molecule is N#Cc1ccc(N2CCC(NC(=O)N3CCC(NC(=O)c4ccsc4)CC3)CC2)cc1. The van der Waals surface area contributed by atoms with Gasteiger partial charge in [-0.2, -0.15) is 16.6 Å². The first kappa shape index (κ1) is 21.2. The molecule has 4 rings (SSSR count). The second-order valence-electron chi connectivity index (χ2n) is 8.12. The maximum absolute atomic E-state index is 12.7. The van der Waals surface area contributed by atoms with Crippen molar-refractivity contribution >= 4 is 29.0 Å². The first-order chi connectivity index (χ1) is 15.1. The minimum absolute atomic E-state index is 0.000524. The van der Waals surface area contributed by atoms with Gasteiger partial charge in [-0.1, -0.05) is 0 Å². The number of likely N-dealkylation sites (tertiary alicyclic amines) is 1. The van der Waals surface area contributed by atoms with Crippen LogP contribution in [0.1, 0.15) is 41.6 Å². The van der Waals surface area contributed by atoms with Crippen LogP contribution in [0.4, 0.5) is 10.5 Å². The van der Waals surface area contributed by atoms with Gasteiger partial charge < -0.3 is 20.4 Å². The van der Waals surface area contributed by atoms with Crippen molar-refractivity contribution in [2.24, 2.45) is 0 Å². The van der Waals surface area contributed by atoms with Gasteiger partial charge in [-0.05, 0) is 61.4 Å². The van der Waals surface area contributed by atoms with E-state index in [4.69, 9.17) is 5.26 Å². The number of nitriles is 1. The molecule has 2 aliphatic rings. The molecule has 2 N–H and O–H groups in total. The van der Waals surface area contributed by atoms with E-state index in [9.17, 15) is 9.59 Å². The number of amides is 3. The molecule has 2 fully saturated rings. The number of hydrogen-bond donors (Lipinski definition) is 2. The molecule has 7 nitrogen and oxygen atoms in total. The Kier molecular flexibility index (Phi) is 6.73. The zero-order valence-corrected chi connectivity index (χ0v) is 18.2. The summed E-state index contributed by atoms with van der Waals surface area (Å²) in [5.41, 5.74) is 2.49. The van der Waals surface area contributed by atoms with Crippen LogP contribution in [0, 0.1) is 11.3 Å². The van der Waals surface area contributed by atoms with E-state index < -0.39 is 0 Å². The van der Waals surface area contributed by atoms with Crippen LogP contribution in [-0.2, 0) is 0 Å². The minimum Gasteiger partial charge on any atom is -0.371 e. The van der Waals surface area contributed by atoms with Gasteiger partial charge in [0.15, 0.2) is 0 Å². The Hall–Kier alpha value is -3.05. The second-order valence-corrected chi connectivity index (χ2v) is 8.90. The predicted molar refractivity (Wildman–Crippen MR) is 121 cm³/mol. The fourth-order valence-corrected chi connectivity index (χ4v) is 4.82. The molecule has 3 amide bonds. The molecule has 1 aromatic heterocycles. The van der Waals surface area contributed by atoms with Crippen molar-refractivity contribution in [3.05, 3.63) is 52.2 Å². The maximum atomic E-state index is 12.7. The molecular weight excluding hydrogens is 410 g/mol. The van der Waals surface area contributed by atoms with Gasteiger partial charge in [-0.25, -0.2) is 4.79 Å². The monoisotopic (exact) mass is 437 g/mol. The number of carbonyl (C=O) groups excluding carboxylic acids is 2. The first-order valence-corrected chi connectivity index (χ1v) is 11.7. The quantitative estimate of drug-likeness (QED) is 0.769. The van der Waals surface area contributed by atoms with Crippen LogP contribution >= 0.6 is 11.3 Å². The van der Waals surface area contributed by atoms with E-state index >= 15 is 0 Å². The lowest BCUT2D eigenvalue weighted by atomic mass is 10.0.